The first-order chi connectivity index (χ1) is 8.58. The molecule has 0 bridgehead atoms. The van der Waals surface area contributed by atoms with E-state index in [1.807, 2.05) is 26.0 Å². The molecule has 0 aliphatic rings. The lowest BCUT2D eigenvalue weighted by molar-refractivity contribution is 0.402. The number of rotatable bonds is 4. The highest BCUT2D eigenvalue weighted by Gasteiger charge is 2.13. The maximum Gasteiger partial charge on any atom is 0.137 e. The quantitative estimate of drug-likeness (QED) is 0.893. The summed E-state index contributed by atoms with van der Waals surface area (Å²) in [5, 5.41) is 3.41. The number of hydrogen-bond donors (Lipinski definition) is 1. The topological polar surface area (TPSA) is 25.2 Å². The second kappa shape index (κ2) is 5.67. The molecule has 0 fully saturated rings. The zero-order valence-corrected chi connectivity index (χ0v) is 11.9. The van der Waals surface area contributed by atoms with Crippen LogP contribution in [-0.4, -0.2) is 0 Å². The van der Waals surface area contributed by atoms with Crippen molar-refractivity contribution in [2.75, 3.05) is 0 Å². The number of hydrogen-bond acceptors (Lipinski definition) is 2. The fraction of sp³-hybridized carbons (Fsp3) is 0.286. The van der Waals surface area contributed by atoms with Gasteiger partial charge in [0.1, 0.15) is 11.6 Å². The van der Waals surface area contributed by atoms with Crippen LogP contribution in [0.1, 0.15) is 37.3 Å². The van der Waals surface area contributed by atoms with Gasteiger partial charge in [0.25, 0.3) is 0 Å². The molecule has 0 saturated carbocycles. The Morgan fingerprint density at radius 3 is 2.61 bits per heavy atom. The Balaban J connectivity index is 2.07. The summed E-state index contributed by atoms with van der Waals surface area (Å²) in [7, 11) is 0. The summed E-state index contributed by atoms with van der Waals surface area (Å²) in [5.41, 5.74) is 1.03. The number of nitrogens with one attached hydrogen (secondary N) is 1. The Kier molecular flexibility index (Phi) is 4.19. The minimum absolute atomic E-state index is 0.110. The average Bonchev–Trinajstić information content (AvgIpc) is 2.86. The van der Waals surface area contributed by atoms with Crippen LogP contribution in [-0.2, 0) is 0 Å². The monoisotopic (exact) mass is 311 g/mol. The Morgan fingerprint density at radius 2 is 2.00 bits per heavy atom. The minimum atomic E-state index is -0.245. The predicted octanol–water partition coefficient (Wildman–Crippen LogP) is 4.59. The van der Waals surface area contributed by atoms with E-state index in [4.69, 9.17) is 4.42 Å². The summed E-state index contributed by atoms with van der Waals surface area (Å²) in [4.78, 5) is 0. The third-order valence-corrected chi connectivity index (χ3v) is 3.52. The van der Waals surface area contributed by atoms with Crippen LogP contribution >= 0.6 is 15.9 Å². The predicted molar refractivity (Wildman–Crippen MR) is 72.8 cm³/mol. The van der Waals surface area contributed by atoms with Crippen LogP contribution < -0.4 is 5.32 Å². The molecular weight excluding hydrogens is 297 g/mol. The highest BCUT2D eigenvalue weighted by molar-refractivity contribution is 9.10. The van der Waals surface area contributed by atoms with Crippen molar-refractivity contribution in [3.8, 4) is 0 Å². The first-order valence-corrected chi connectivity index (χ1v) is 6.61. The Hall–Kier alpha value is -1.13. The normalized spacial score (nSPS) is 14.4. The summed E-state index contributed by atoms with van der Waals surface area (Å²) in [6.45, 7) is 4.08. The van der Waals surface area contributed by atoms with E-state index in [0.717, 1.165) is 11.3 Å². The molecule has 1 unspecified atom stereocenters. The van der Waals surface area contributed by atoms with Gasteiger partial charge in [-0.1, -0.05) is 6.07 Å². The van der Waals surface area contributed by atoms with Crippen LogP contribution in [0.25, 0.3) is 0 Å². The molecule has 2 atom stereocenters. The van der Waals surface area contributed by atoms with Crippen molar-refractivity contribution < 1.29 is 8.81 Å². The Bertz CT molecular complexity index is 513. The molecule has 4 heteroatoms. The van der Waals surface area contributed by atoms with E-state index in [2.05, 4.69) is 21.2 Å². The van der Waals surface area contributed by atoms with Crippen LogP contribution in [0.2, 0.25) is 0 Å². The van der Waals surface area contributed by atoms with Crippen molar-refractivity contribution in [2.24, 2.45) is 0 Å². The highest BCUT2D eigenvalue weighted by atomic mass is 79.9. The standard InChI is InChI=1S/C14H15BrFNO/c1-9(11-5-6-13(16)12(15)8-11)17-10(2)14-4-3-7-18-14/h3-10,17H,1-2H3/t9?,10-/m1/s1. The van der Waals surface area contributed by atoms with E-state index in [0.29, 0.717) is 4.47 Å². The summed E-state index contributed by atoms with van der Waals surface area (Å²) in [6.07, 6.45) is 1.66. The molecule has 1 aromatic carbocycles. The van der Waals surface area contributed by atoms with Gasteiger partial charge < -0.3 is 9.73 Å². The highest BCUT2D eigenvalue weighted by Crippen LogP contribution is 2.23. The van der Waals surface area contributed by atoms with Gasteiger partial charge in [-0.05, 0) is 59.6 Å². The van der Waals surface area contributed by atoms with Crippen LogP contribution in [0.4, 0.5) is 4.39 Å². The van der Waals surface area contributed by atoms with Gasteiger partial charge in [0, 0.05) is 6.04 Å². The lowest BCUT2D eigenvalue weighted by Crippen LogP contribution is -2.22. The van der Waals surface area contributed by atoms with Gasteiger partial charge in [0.2, 0.25) is 0 Å². The van der Waals surface area contributed by atoms with Crippen LogP contribution in [0, 0.1) is 5.82 Å². The van der Waals surface area contributed by atoms with Gasteiger partial charge >= 0.3 is 0 Å². The van der Waals surface area contributed by atoms with E-state index in [1.54, 1.807) is 18.4 Å². The molecule has 0 aliphatic heterocycles. The molecule has 1 aromatic heterocycles. The fourth-order valence-electron chi connectivity index (χ4n) is 1.87. The van der Waals surface area contributed by atoms with Crippen LogP contribution in [0.15, 0.2) is 45.5 Å². The molecule has 1 heterocycles. The van der Waals surface area contributed by atoms with Crippen molar-refractivity contribution in [1.29, 1.82) is 0 Å². The molecule has 18 heavy (non-hydrogen) atoms. The van der Waals surface area contributed by atoms with Crippen LogP contribution in [0.5, 0.6) is 0 Å². The first kappa shape index (κ1) is 13.3. The number of furan rings is 1. The van der Waals surface area contributed by atoms with E-state index < -0.39 is 0 Å². The maximum absolute atomic E-state index is 13.2. The van der Waals surface area contributed by atoms with Gasteiger partial charge in [-0.25, -0.2) is 4.39 Å². The lowest BCUT2D eigenvalue weighted by Gasteiger charge is -2.19. The van der Waals surface area contributed by atoms with E-state index in [9.17, 15) is 4.39 Å². The van der Waals surface area contributed by atoms with E-state index in [1.165, 1.54) is 6.07 Å². The Morgan fingerprint density at radius 1 is 1.22 bits per heavy atom. The lowest BCUT2D eigenvalue weighted by atomic mass is 10.1. The number of benzene rings is 1. The fourth-order valence-corrected chi connectivity index (χ4v) is 2.27. The Labute approximate surface area is 114 Å². The SMILES string of the molecule is CC(N[C@H](C)c1ccco1)c1ccc(F)c(Br)c1. The van der Waals surface area contributed by atoms with Crippen molar-refractivity contribution >= 4 is 15.9 Å². The molecule has 1 N–H and O–H groups in total. The van der Waals surface area contributed by atoms with Crippen molar-refractivity contribution in [2.45, 2.75) is 25.9 Å². The summed E-state index contributed by atoms with van der Waals surface area (Å²) >= 11 is 3.20. The largest absolute Gasteiger partial charge is 0.468 e. The molecule has 2 nitrogen and oxygen atoms in total. The molecule has 0 saturated heterocycles. The minimum Gasteiger partial charge on any atom is -0.468 e. The van der Waals surface area contributed by atoms with Gasteiger partial charge in [-0.15, -0.1) is 0 Å². The van der Waals surface area contributed by atoms with Gasteiger partial charge in [-0.2, -0.15) is 0 Å². The molecule has 96 valence electrons. The summed E-state index contributed by atoms with van der Waals surface area (Å²) < 4.78 is 19.0. The van der Waals surface area contributed by atoms with Gasteiger partial charge in [0.15, 0.2) is 0 Å². The van der Waals surface area contributed by atoms with Crippen molar-refractivity contribution in [3.63, 3.8) is 0 Å². The summed E-state index contributed by atoms with van der Waals surface area (Å²) in [5.74, 6) is 0.646. The molecule has 0 aliphatic carbocycles. The molecule has 2 aromatic rings. The van der Waals surface area contributed by atoms with Crippen LogP contribution in [0.3, 0.4) is 0 Å². The van der Waals surface area contributed by atoms with Gasteiger partial charge in [-0.3, -0.25) is 0 Å². The maximum atomic E-state index is 13.2. The number of halogens is 2. The van der Waals surface area contributed by atoms with E-state index in [-0.39, 0.29) is 17.9 Å². The van der Waals surface area contributed by atoms with E-state index >= 15 is 0 Å². The smallest absolute Gasteiger partial charge is 0.137 e. The molecule has 2 rings (SSSR count). The zero-order chi connectivity index (χ0) is 13.1. The second-order valence-electron chi connectivity index (χ2n) is 4.30. The third kappa shape index (κ3) is 3.00. The molecular formula is C14H15BrFNO. The van der Waals surface area contributed by atoms with Crippen molar-refractivity contribution in [3.05, 3.63) is 58.2 Å². The zero-order valence-electron chi connectivity index (χ0n) is 10.3. The average molecular weight is 312 g/mol. The third-order valence-electron chi connectivity index (χ3n) is 2.91. The molecule has 0 amide bonds. The van der Waals surface area contributed by atoms with Gasteiger partial charge in [0.05, 0.1) is 16.8 Å². The molecule has 0 spiro atoms. The van der Waals surface area contributed by atoms with Crippen molar-refractivity contribution in [1.82, 2.24) is 5.32 Å². The second-order valence-corrected chi connectivity index (χ2v) is 5.15. The molecule has 0 radical (unpaired) electrons. The first-order valence-electron chi connectivity index (χ1n) is 5.82. The summed E-state index contributed by atoms with van der Waals surface area (Å²) in [6, 6.07) is 9.07.